The van der Waals surface area contributed by atoms with Crippen LogP contribution in [-0.4, -0.2) is 22.9 Å². The molecule has 0 aromatic carbocycles. The van der Waals surface area contributed by atoms with Gasteiger partial charge in [0.2, 0.25) is 0 Å². The first kappa shape index (κ1) is 10.4. The first-order valence-electron chi connectivity index (χ1n) is 4.33. The largest absolute Gasteiger partial charge is 0.469 e. The molecule has 1 rings (SSSR count). The normalized spacial score (nSPS) is 9.79. The lowest BCUT2D eigenvalue weighted by Gasteiger charge is -2.01. The van der Waals surface area contributed by atoms with Crippen molar-refractivity contribution in [1.82, 2.24) is 9.78 Å². The maximum atomic E-state index is 11.1. The molecule has 0 atom stereocenters. The molecule has 0 unspecified atom stereocenters. The smallest absolute Gasteiger partial charge is 0.305 e. The van der Waals surface area contributed by atoms with E-state index in [0.717, 1.165) is 0 Å². The third kappa shape index (κ3) is 3.01. The number of esters is 1. The summed E-state index contributed by atoms with van der Waals surface area (Å²) < 4.78 is 5.79. The fraction of sp³-hybridized carbons (Fsp3) is 0.444. The minimum atomic E-state index is -0.269. The Kier molecular flexibility index (Phi) is 3.84. The summed E-state index contributed by atoms with van der Waals surface area (Å²) in [5, 5.41) is 3.85. The second-order valence-electron chi connectivity index (χ2n) is 2.76. The molecular formula is C9H12N2O3. The monoisotopic (exact) mass is 196 g/mol. The van der Waals surface area contributed by atoms with Crippen LogP contribution in [0, 0.1) is 0 Å². The molecule has 0 radical (unpaired) electrons. The molecule has 76 valence electrons. The van der Waals surface area contributed by atoms with Gasteiger partial charge in [0.15, 0.2) is 0 Å². The Hall–Kier alpha value is -1.65. The lowest BCUT2D eigenvalue weighted by molar-refractivity contribution is -0.140. The molecule has 14 heavy (non-hydrogen) atoms. The highest BCUT2D eigenvalue weighted by atomic mass is 16.5. The van der Waals surface area contributed by atoms with E-state index in [1.165, 1.54) is 17.9 Å². The topological polar surface area (TPSA) is 61.2 Å². The zero-order chi connectivity index (χ0) is 10.4. The van der Waals surface area contributed by atoms with Crippen molar-refractivity contribution in [2.24, 2.45) is 0 Å². The minimum Gasteiger partial charge on any atom is -0.469 e. The number of aryl methyl sites for hydroxylation is 1. The van der Waals surface area contributed by atoms with Crippen molar-refractivity contribution < 1.29 is 9.53 Å². The van der Waals surface area contributed by atoms with Crippen LogP contribution in [0.3, 0.4) is 0 Å². The molecular weight excluding hydrogens is 184 g/mol. The van der Waals surface area contributed by atoms with Crippen molar-refractivity contribution >= 4 is 5.97 Å². The summed E-state index contributed by atoms with van der Waals surface area (Å²) in [5.41, 5.74) is -0.155. The molecule has 0 spiro atoms. The molecule has 5 nitrogen and oxygen atoms in total. The van der Waals surface area contributed by atoms with Crippen molar-refractivity contribution in [2.75, 3.05) is 7.11 Å². The van der Waals surface area contributed by atoms with Gasteiger partial charge in [-0.2, -0.15) is 5.10 Å². The highest BCUT2D eigenvalue weighted by Crippen LogP contribution is 1.93. The van der Waals surface area contributed by atoms with Crippen LogP contribution in [0.15, 0.2) is 23.1 Å². The van der Waals surface area contributed by atoms with Gasteiger partial charge in [0.25, 0.3) is 5.56 Å². The Morgan fingerprint density at radius 2 is 2.43 bits per heavy atom. The van der Waals surface area contributed by atoms with Crippen LogP contribution in [0.2, 0.25) is 0 Å². The summed E-state index contributed by atoms with van der Waals surface area (Å²) in [5.74, 6) is -0.269. The highest BCUT2D eigenvalue weighted by Gasteiger charge is 2.00. The van der Waals surface area contributed by atoms with E-state index in [4.69, 9.17) is 0 Å². The van der Waals surface area contributed by atoms with Crippen LogP contribution in [-0.2, 0) is 16.1 Å². The van der Waals surface area contributed by atoms with Gasteiger partial charge in [0, 0.05) is 25.2 Å². The van der Waals surface area contributed by atoms with E-state index in [1.807, 2.05) is 0 Å². The maximum absolute atomic E-state index is 11.1. The van der Waals surface area contributed by atoms with Gasteiger partial charge in [-0.05, 0) is 12.5 Å². The van der Waals surface area contributed by atoms with Gasteiger partial charge < -0.3 is 4.74 Å². The molecule has 0 saturated heterocycles. The van der Waals surface area contributed by atoms with Gasteiger partial charge in [0.1, 0.15) is 0 Å². The molecule has 0 N–H and O–H groups in total. The van der Waals surface area contributed by atoms with Crippen molar-refractivity contribution in [3.63, 3.8) is 0 Å². The summed E-state index contributed by atoms with van der Waals surface area (Å²) >= 11 is 0. The summed E-state index contributed by atoms with van der Waals surface area (Å²) in [6.45, 7) is 0.439. The molecule has 0 aliphatic rings. The van der Waals surface area contributed by atoms with Crippen LogP contribution < -0.4 is 5.56 Å². The van der Waals surface area contributed by atoms with E-state index in [0.29, 0.717) is 19.4 Å². The first-order valence-corrected chi connectivity index (χ1v) is 4.33. The van der Waals surface area contributed by atoms with E-state index in [1.54, 1.807) is 12.3 Å². The van der Waals surface area contributed by atoms with E-state index in [-0.39, 0.29) is 11.5 Å². The Balaban J connectivity index is 2.43. The fourth-order valence-electron chi connectivity index (χ4n) is 1.03. The minimum absolute atomic E-state index is 0.155. The van der Waals surface area contributed by atoms with Crippen LogP contribution >= 0.6 is 0 Å². The first-order chi connectivity index (χ1) is 6.74. The van der Waals surface area contributed by atoms with Crippen molar-refractivity contribution in [3.8, 4) is 0 Å². The lowest BCUT2D eigenvalue weighted by atomic mass is 10.3. The third-order valence-corrected chi connectivity index (χ3v) is 1.76. The molecule has 0 aliphatic heterocycles. The van der Waals surface area contributed by atoms with Crippen LogP contribution in [0.5, 0.6) is 0 Å². The molecule has 0 amide bonds. The number of carbonyl (C=O) groups excluding carboxylic acids is 1. The Morgan fingerprint density at radius 1 is 1.64 bits per heavy atom. The zero-order valence-electron chi connectivity index (χ0n) is 7.97. The van der Waals surface area contributed by atoms with Gasteiger partial charge in [-0.3, -0.25) is 9.59 Å². The molecule has 0 fully saturated rings. The Labute approximate surface area is 81.3 Å². The summed E-state index contributed by atoms with van der Waals surface area (Å²) in [4.78, 5) is 21.9. The number of hydrogen-bond donors (Lipinski definition) is 0. The lowest BCUT2D eigenvalue weighted by Crippen LogP contribution is -2.21. The zero-order valence-corrected chi connectivity index (χ0v) is 7.97. The van der Waals surface area contributed by atoms with Gasteiger partial charge in [-0.25, -0.2) is 4.68 Å². The van der Waals surface area contributed by atoms with Crippen LogP contribution in [0.25, 0.3) is 0 Å². The predicted octanol–water partition coefficient (Wildman–Crippen LogP) is 0.197. The number of hydrogen-bond acceptors (Lipinski definition) is 4. The molecule has 5 heteroatoms. The number of rotatable bonds is 4. The SMILES string of the molecule is COC(=O)CCCn1ncccc1=O. The molecule has 1 aromatic heterocycles. The fourth-order valence-corrected chi connectivity index (χ4v) is 1.03. The Morgan fingerprint density at radius 3 is 3.07 bits per heavy atom. The number of carbonyl (C=O) groups is 1. The van der Waals surface area contributed by atoms with Crippen LogP contribution in [0.1, 0.15) is 12.8 Å². The number of nitrogens with zero attached hydrogens (tertiary/aromatic N) is 2. The molecule has 0 bridgehead atoms. The number of methoxy groups -OCH3 is 1. The predicted molar refractivity (Wildman–Crippen MR) is 49.7 cm³/mol. The van der Waals surface area contributed by atoms with Crippen molar-refractivity contribution in [3.05, 3.63) is 28.7 Å². The number of aromatic nitrogens is 2. The van der Waals surface area contributed by atoms with E-state index in [9.17, 15) is 9.59 Å². The van der Waals surface area contributed by atoms with Crippen molar-refractivity contribution in [2.45, 2.75) is 19.4 Å². The number of ether oxygens (including phenoxy) is 1. The Bertz CT molecular complexity index is 359. The second kappa shape index (κ2) is 5.16. The summed E-state index contributed by atoms with van der Waals surface area (Å²) in [7, 11) is 1.34. The van der Waals surface area contributed by atoms with E-state index >= 15 is 0 Å². The summed E-state index contributed by atoms with van der Waals surface area (Å²) in [6.07, 6.45) is 2.41. The van der Waals surface area contributed by atoms with Gasteiger partial charge in [-0.1, -0.05) is 0 Å². The quantitative estimate of drug-likeness (QED) is 0.645. The average molecular weight is 196 g/mol. The average Bonchev–Trinajstić information content (AvgIpc) is 2.20. The maximum Gasteiger partial charge on any atom is 0.305 e. The van der Waals surface area contributed by atoms with Gasteiger partial charge in [-0.15, -0.1) is 0 Å². The van der Waals surface area contributed by atoms with Gasteiger partial charge in [0.05, 0.1) is 7.11 Å². The second-order valence-corrected chi connectivity index (χ2v) is 2.76. The standard InChI is InChI=1S/C9H12N2O3/c1-14-9(13)5-3-7-11-8(12)4-2-6-10-11/h2,4,6H,3,5,7H2,1H3. The highest BCUT2D eigenvalue weighted by molar-refractivity contribution is 5.68. The van der Waals surface area contributed by atoms with Crippen LogP contribution in [0.4, 0.5) is 0 Å². The molecule has 1 heterocycles. The molecule has 0 aliphatic carbocycles. The molecule has 0 saturated carbocycles. The van der Waals surface area contributed by atoms with Crippen molar-refractivity contribution in [1.29, 1.82) is 0 Å². The summed E-state index contributed by atoms with van der Waals surface area (Å²) in [6, 6.07) is 3.02. The van der Waals surface area contributed by atoms with Gasteiger partial charge >= 0.3 is 5.97 Å². The van der Waals surface area contributed by atoms with E-state index in [2.05, 4.69) is 9.84 Å². The molecule has 1 aromatic rings. The third-order valence-electron chi connectivity index (χ3n) is 1.76. The van der Waals surface area contributed by atoms with E-state index < -0.39 is 0 Å².